The molecule has 0 atom stereocenters. The first kappa shape index (κ1) is 15.3. The van der Waals surface area contributed by atoms with E-state index in [1.54, 1.807) is 13.0 Å². The summed E-state index contributed by atoms with van der Waals surface area (Å²) < 4.78 is 4.91. The topological polar surface area (TPSA) is 84.2 Å². The first-order chi connectivity index (χ1) is 10.9. The van der Waals surface area contributed by atoms with Crippen molar-refractivity contribution in [2.45, 2.75) is 33.6 Å². The van der Waals surface area contributed by atoms with E-state index in [2.05, 4.69) is 15.8 Å². The van der Waals surface area contributed by atoms with E-state index in [0.29, 0.717) is 30.1 Å². The van der Waals surface area contributed by atoms with Crippen molar-refractivity contribution < 1.29 is 14.1 Å². The van der Waals surface area contributed by atoms with Gasteiger partial charge in [-0.15, -0.1) is 0 Å². The Morgan fingerprint density at radius 2 is 1.74 bits per heavy atom. The molecule has 0 saturated heterocycles. The van der Waals surface area contributed by atoms with Gasteiger partial charge in [-0.2, -0.15) is 0 Å². The third-order valence-electron chi connectivity index (χ3n) is 4.25. The van der Waals surface area contributed by atoms with E-state index in [-0.39, 0.29) is 11.8 Å². The standard InChI is InChI=1S/C17H19N3O3/c1-10-4-5-13(8-11(10)2)18-15(21)17(6-7-17)16(22)19-14-9-12(3)23-20-14/h4-5,8-9H,6-7H2,1-3H3,(H,18,21)(H,19,20,22). The lowest BCUT2D eigenvalue weighted by molar-refractivity contribution is -0.131. The molecule has 0 aliphatic heterocycles. The molecule has 120 valence electrons. The zero-order chi connectivity index (χ0) is 16.6. The SMILES string of the molecule is Cc1cc(NC(=O)C2(C(=O)Nc3ccc(C)c(C)c3)CC2)no1. The van der Waals surface area contributed by atoms with Crippen LogP contribution in [0.5, 0.6) is 0 Å². The lowest BCUT2D eigenvalue weighted by Gasteiger charge is -2.15. The zero-order valence-electron chi connectivity index (χ0n) is 13.4. The Labute approximate surface area is 134 Å². The van der Waals surface area contributed by atoms with Crippen LogP contribution in [0.3, 0.4) is 0 Å². The lowest BCUT2D eigenvalue weighted by Crippen LogP contribution is -2.35. The lowest BCUT2D eigenvalue weighted by atomic mass is 10.0. The molecule has 1 heterocycles. The first-order valence-corrected chi connectivity index (χ1v) is 7.54. The van der Waals surface area contributed by atoms with E-state index in [0.717, 1.165) is 11.1 Å². The number of aromatic nitrogens is 1. The van der Waals surface area contributed by atoms with Gasteiger partial charge >= 0.3 is 0 Å². The van der Waals surface area contributed by atoms with E-state index in [1.807, 2.05) is 32.0 Å². The van der Waals surface area contributed by atoms with E-state index in [4.69, 9.17) is 4.52 Å². The third kappa shape index (κ3) is 2.97. The van der Waals surface area contributed by atoms with Gasteiger partial charge in [0.05, 0.1) is 0 Å². The fraction of sp³-hybridized carbons (Fsp3) is 0.353. The fourth-order valence-electron chi connectivity index (χ4n) is 2.41. The van der Waals surface area contributed by atoms with E-state index in [9.17, 15) is 9.59 Å². The highest BCUT2D eigenvalue weighted by atomic mass is 16.5. The quantitative estimate of drug-likeness (QED) is 0.850. The van der Waals surface area contributed by atoms with Crippen LogP contribution < -0.4 is 10.6 Å². The number of rotatable bonds is 4. The van der Waals surface area contributed by atoms with Crippen LogP contribution >= 0.6 is 0 Å². The molecule has 1 aromatic carbocycles. The number of hydrogen-bond donors (Lipinski definition) is 2. The molecule has 1 aromatic heterocycles. The number of nitrogens with zero attached hydrogens (tertiary/aromatic N) is 1. The summed E-state index contributed by atoms with van der Waals surface area (Å²) in [5.41, 5.74) is 1.94. The predicted molar refractivity (Wildman–Crippen MR) is 86.1 cm³/mol. The highest BCUT2D eigenvalue weighted by Gasteiger charge is 2.56. The summed E-state index contributed by atoms with van der Waals surface area (Å²) in [5, 5.41) is 9.21. The van der Waals surface area contributed by atoms with Crippen LogP contribution in [-0.4, -0.2) is 17.0 Å². The van der Waals surface area contributed by atoms with Crippen molar-refractivity contribution in [3.05, 3.63) is 41.2 Å². The van der Waals surface area contributed by atoms with Crippen LogP contribution in [0.4, 0.5) is 11.5 Å². The molecule has 1 aliphatic carbocycles. The number of carbonyl (C=O) groups excluding carboxylic acids is 2. The molecule has 1 aliphatic rings. The molecular formula is C17H19N3O3. The number of aryl methyl sites for hydroxylation is 3. The molecule has 2 amide bonds. The second-order valence-corrected chi connectivity index (χ2v) is 6.11. The summed E-state index contributed by atoms with van der Waals surface area (Å²) in [7, 11) is 0. The Balaban J connectivity index is 1.70. The molecule has 2 N–H and O–H groups in total. The number of benzene rings is 1. The van der Waals surface area contributed by atoms with Gasteiger partial charge < -0.3 is 15.2 Å². The molecule has 6 nitrogen and oxygen atoms in total. The number of hydrogen-bond acceptors (Lipinski definition) is 4. The van der Waals surface area contributed by atoms with Gasteiger partial charge in [-0.3, -0.25) is 9.59 Å². The minimum atomic E-state index is -1.01. The van der Waals surface area contributed by atoms with Crippen molar-refractivity contribution in [2.75, 3.05) is 10.6 Å². The maximum Gasteiger partial charge on any atom is 0.241 e. The molecule has 0 spiro atoms. The van der Waals surface area contributed by atoms with Gasteiger partial charge in [-0.25, -0.2) is 0 Å². The molecule has 0 bridgehead atoms. The van der Waals surface area contributed by atoms with Crippen LogP contribution in [0.1, 0.15) is 29.7 Å². The molecule has 1 saturated carbocycles. The predicted octanol–water partition coefficient (Wildman–Crippen LogP) is 2.96. The number of carbonyl (C=O) groups is 2. The summed E-state index contributed by atoms with van der Waals surface area (Å²) in [5.74, 6) is 0.313. The van der Waals surface area contributed by atoms with Gasteiger partial charge in [0.2, 0.25) is 11.8 Å². The summed E-state index contributed by atoms with van der Waals surface area (Å²) in [4.78, 5) is 24.9. The van der Waals surface area contributed by atoms with Crippen molar-refractivity contribution in [3.8, 4) is 0 Å². The van der Waals surface area contributed by atoms with E-state index >= 15 is 0 Å². The Bertz CT molecular complexity index is 775. The Morgan fingerprint density at radius 1 is 1.04 bits per heavy atom. The van der Waals surface area contributed by atoms with E-state index in [1.165, 1.54) is 0 Å². The molecule has 6 heteroatoms. The van der Waals surface area contributed by atoms with Crippen LogP contribution in [0.2, 0.25) is 0 Å². The minimum Gasteiger partial charge on any atom is -0.360 e. The van der Waals surface area contributed by atoms with Crippen molar-refractivity contribution in [1.82, 2.24) is 5.16 Å². The molecule has 3 rings (SSSR count). The Hall–Kier alpha value is -2.63. The van der Waals surface area contributed by atoms with Gasteiger partial charge in [0, 0.05) is 11.8 Å². The van der Waals surface area contributed by atoms with Crippen molar-refractivity contribution in [3.63, 3.8) is 0 Å². The van der Waals surface area contributed by atoms with Crippen molar-refractivity contribution >= 4 is 23.3 Å². The molecule has 1 fully saturated rings. The van der Waals surface area contributed by atoms with Crippen LogP contribution in [-0.2, 0) is 9.59 Å². The fourth-order valence-corrected chi connectivity index (χ4v) is 2.41. The van der Waals surface area contributed by atoms with Gasteiger partial charge in [0.15, 0.2) is 5.82 Å². The highest BCUT2D eigenvalue weighted by molar-refractivity contribution is 6.16. The number of anilines is 2. The number of nitrogens with one attached hydrogen (secondary N) is 2. The minimum absolute atomic E-state index is 0.279. The summed E-state index contributed by atoms with van der Waals surface area (Å²) in [6, 6.07) is 7.31. The average Bonchev–Trinajstić information content (AvgIpc) is 3.22. The second kappa shape index (κ2) is 5.53. The van der Waals surface area contributed by atoms with Crippen molar-refractivity contribution in [1.29, 1.82) is 0 Å². The normalized spacial score (nSPS) is 15.1. The molecule has 2 aromatic rings. The Morgan fingerprint density at radius 3 is 2.30 bits per heavy atom. The zero-order valence-corrected chi connectivity index (χ0v) is 13.4. The molecular weight excluding hydrogens is 294 g/mol. The smallest absolute Gasteiger partial charge is 0.241 e. The maximum atomic E-state index is 12.5. The third-order valence-corrected chi connectivity index (χ3v) is 4.25. The van der Waals surface area contributed by atoms with Crippen molar-refractivity contribution in [2.24, 2.45) is 5.41 Å². The van der Waals surface area contributed by atoms with Gasteiger partial charge in [-0.1, -0.05) is 11.2 Å². The number of amides is 2. The van der Waals surface area contributed by atoms with Gasteiger partial charge in [-0.05, 0) is 56.9 Å². The van der Waals surface area contributed by atoms with Crippen LogP contribution in [0.15, 0.2) is 28.8 Å². The first-order valence-electron chi connectivity index (χ1n) is 7.54. The average molecular weight is 313 g/mol. The monoisotopic (exact) mass is 313 g/mol. The maximum absolute atomic E-state index is 12.5. The molecule has 23 heavy (non-hydrogen) atoms. The largest absolute Gasteiger partial charge is 0.360 e. The molecule has 0 unspecified atom stereocenters. The summed E-state index contributed by atoms with van der Waals surface area (Å²) in [6.45, 7) is 5.73. The van der Waals surface area contributed by atoms with Gasteiger partial charge in [0.1, 0.15) is 11.2 Å². The second-order valence-electron chi connectivity index (χ2n) is 6.11. The van der Waals surface area contributed by atoms with Crippen LogP contribution in [0, 0.1) is 26.2 Å². The highest BCUT2D eigenvalue weighted by Crippen LogP contribution is 2.47. The molecule has 0 radical (unpaired) electrons. The summed E-state index contributed by atoms with van der Waals surface area (Å²) >= 11 is 0. The van der Waals surface area contributed by atoms with E-state index < -0.39 is 5.41 Å². The van der Waals surface area contributed by atoms with Gasteiger partial charge in [0.25, 0.3) is 0 Å². The summed E-state index contributed by atoms with van der Waals surface area (Å²) in [6.07, 6.45) is 1.07. The Kier molecular flexibility index (Phi) is 3.67. The van der Waals surface area contributed by atoms with Crippen LogP contribution in [0.25, 0.3) is 0 Å².